The molecule has 0 saturated carbocycles. The predicted molar refractivity (Wildman–Crippen MR) is 118 cm³/mol. The zero-order chi connectivity index (χ0) is 22.2. The van der Waals surface area contributed by atoms with Gasteiger partial charge in [0.25, 0.3) is 0 Å². The molecule has 166 valence electrons. The Morgan fingerprint density at radius 2 is 1.84 bits per heavy atom. The molecule has 31 heavy (non-hydrogen) atoms. The van der Waals surface area contributed by atoms with Gasteiger partial charge in [-0.3, -0.25) is 20.4 Å². The number of hydrogen-bond acceptors (Lipinski definition) is 4. The summed E-state index contributed by atoms with van der Waals surface area (Å²) in [6.45, 7) is 2.12. The Morgan fingerprint density at radius 1 is 1.13 bits per heavy atom. The van der Waals surface area contributed by atoms with Crippen LogP contribution in [0.1, 0.15) is 55.8 Å². The number of benzene rings is 2. The quantitative estimate of drug-likeness (QED) is 0.576. The van der Waals surface area contributed by atoms with Crippen LogP contribution in [0, 0.1) is 5.82 Å². The molecular weight excluding hydrogens is 395 g/mol. The average Bonchev–Trinajstić information content (AvgIpc) is 3.23. The van der Waals surface area contributed by atoms with Crippen molar-refractivity contribution in [3.8, 4) is 0 Å². The zero-order valence-electron chi connectivity index (χ0n) is 18.1. The maximum Gasteiger partial charge on any atom is 0.224 e. The predicted octanol–water partition coefficient (Wildman–Crippen LogP) is 3.24. The summed E-state index contributed by atoms with van der Waals surface area (Å²) in [6.07, 6.45) is 2.95. The fraction of sp³-hybridized carbons (Fsp3) is 0.417. The smallest absolute Gasteiger partial charge is 0.224 e. The lowest BCUT2D eigenvalue weighted by Crippen LogP contribution is -2.35. The summed E-state index contributed by atoms with van der Waals surface area (Å²) < 4.78 is 13.1. The summed E-state index contributed by atoms with van der Waals surface area (Å²) in [6, 6.07) is 16.3. The van der Waals surface area contributed by atoms with E-state index in [1.807, 2.05) is 42.5 Å². The van der Waals surface area contributed by atoms with E-state index in [1.165, 1.54) is 19.1 Å². The van der Waals surface area contributed by atoms with E-state index in [9.17, 15) is 14.0 Å². The van der Waals surface area contributed by atoms with Gasteiger partial charge in [0.2, 0.25) is 11.8 Å². The van der Waals surface area contributed by atoms with Gasteiger partial charge in [0.1, 0.15) is 5.82 Å². The SMILES string of the molecule is CC(=O)NC(CC(=O)N(C)CCCC1CC(c2ccc(F)cc2)NN1)c1ccccc1. The summed E-state index contributed by atoms with van der Waals surface area (Å²) in [5.41, 5.74) is 8.56. The first-order valence-electron chi connectivity index (χ1n) is 10.7. The van der Waals surface area contributed by atoms with Crippen LogP contribution >= 0.6 is 0 Å². The van der Waals surface area contributed by atoms with Gasteiger partial charge in [-0.15, -0.1) is 0 Å². The standard InChI is InChI=1S/C24H31FN4O2/c1-17(30)26-22(18-7-4-3-5-8-18)16-24(31)29(2)14-6-9-21-15-23(28-27-21)19-10-12-20(25)13-11-19/h3-5,7-8,10-13,21-23,27-28H,6,9,14-16H2,1-2H3,(H,26,30). The third-order valence-electron chi connectivity index (χ3n) is 5.68. The minimum absolute atomic E-state index is 0.00398. The molecule has 0 radical (unpaired) electrons. The van der Waals surface area contributed by atoms with Gasteiger partial charge in [-0.05, 0) is 42.5 Å². The monoisotopic (exact) mass is 426 g/mol. The highest BCUT2D eigenvalue weighted by Gasteiger charge is 2.25. The first kappa shape index (κ1) is 22.9. The molecule has 1 aliphatic heterocycles. The van der Waals surface area contributed by atoms with Crippen molar-refractivity contribution in [2.45, 2.75) is 50.7 Å². The summed E-state index contributed by atoms with van der Waals surface area (Å²) in [4.78, 5) is 26.0. The van der Waals surface area contributed by atoms with Crippen LogP contribution in [0.3, 0.4) is 0 Å². The van der Waals surface area contributed by atoms with Crippen molar-refractivity contribution >= 4 is 11.8 Å². The van der Waals surface area contributed by atoms with Crippen molar-refractivity contribution in [2.24, 2.45) is 0 Å². The summed E-state index contributed by atoms with van der Waals surface area (Å²) in [7, 11) is 1.81. The maximum atomic E-state index is 13.1. The highest BCUT2D eigenvalue weighted by atomic mass is 19.1. The Labute approximate surface area is 183 Å². The number of rotatable bonds is 9. The number of hydrazine groups is 1. The fourth-order valence-electron chi connectivity index (χ4n) is 3.94. The third kappa shape index (κ3) is 6.87. The third-order valence-corrected chi connectivity index (χ3v) is 5.68. The van der Waals surface area contributed by atoms with Crippen LogP contribution in [0.2, 0.25) is 0 Å². The Morgan fingerprint density at radius 3 is 2.52 bits per heavy atom. The topological polar surface area (TPSA) is 73.5 Å². The molecule has 3 unspecified atom stereocenters. The molecule has 0 aliphatic carbocycles. The van der Waals surface area contributed by atoms with Gasteiger partial charge < -0.3 is 10.2 Å². The van der Waals surface area contributed by atoms with E-state index in [1.54, 1.807) is 11.9 Å². The van der Waals surface area contributed by atoms with Crippen molar-refractivity contribution in [3.63, 3.8) is 0 Å². The number of carbonyl (C=O) groups excluding carboxylic acids is 2. The summed E-state index contributed by atoms with van der Waals surface area (Å²) in [5, 5.41) is 2.88. The molecule has 7 heteroatoms. The molecule has 1 fully saturated rings. The molecule has 1 heterocycles. The van der Waals surface area contributed by atoms with Gasteiger partial charge in [-0.25, -0.2) is 4.39 Å². The first-order valence-corrected chi connectivity index (χ1v) is 10.7. The van der Waals surface area contributed by atoms with Crippen molar-refractivity contribution in [2.75, 3.05) is 13.6 Å². The van der Waals surface area contributed by atoms with E-state index in [-0.39, 0.29) is 36.1 Å². The molecule has 2 aromatic carbocycles. The zero-order valence-corrected chi connectivity index (χ0v) is 18.1. The first-order chi connectivity index (χ1) is 14.9. The maximum absolute atomic E-state index is 13.1. The Bertz CT molecular complexity index is 860. The molecule has 0 bridgehead atoms. The van der Waals surface area contributed by atoms with Gasteiger partial charge >= 0.3 is 0 Å². The molecule has 2 aromatic rings. The molecule has 1 aliphatic rings. The molecule has 3 N–H and O–H groups in total. The number of halogens is 1. The number of amides is 2. The van der Waals surface area contributed by atoms with Gasteiger partial charge in [0, 0.05) is 32.6 Å². The van der Waals surface area contributed by atoms with Crippen LogP contribution < -0.4 is 16.2 Å². The molecule has 0 spiro atoms. The Kier molecular flexibility index (Phi) is 8.14. The number of hydrogen-bond donors (Lipinski definition) is 3. The molecule has 0 aromatic heterocycles. The van der Waals surface area contributed by atoms with Crippen molar-refractivity contribution in [1.29, 1.82) is 0 Å². The van der Waals surface area contributed by atoms with Crippen molar-refractivity contribution < 1.29 is 14.0 Å². The molecule has 3 rings (SSSR count). The minimum atomic E-state index is -0.328. The van der Waals surface area contributed by atoms with E-state index in [2.05, 4.69) is 16.2 Å². The van der Waals surface area contributed by atoms with E-state index in [0.29, 0.717) is 12.6 Å². The number of carbonyl (C=O) groups is 2. The Balaban J connectivity index is 1.43. The highest BCUT2D eigenvalue weighted by Crippen LogP contribution is 2.24. The lowest BCUT2D eigenvalue weighted by atomic mass is 9.99. The molecule has 6 nitrogen and oxygen atoms in total. The van der Waals surface area contributed by atoms with Crippen molar-refractivity contribution in [3.05, 3.63) is 71.5 Å². The van der Waals surface area contributed by atoms with Gasteiger partial charge in [0.15, 0.2) is 0 Å². The van der Waals surface area contributed by atoms with Gasteiger partial charge in [0.05, 0.1) is 12.5 Å². The second-order valence-electron chi connectivity index (χ2n) is 8.15. The Hall–Kier alpha value is -2.77. The van der Waals surface area contributed by atoms with E-state index < -0.39 is 0 Å². The summed E-state index contributed by atoms with van der Waals surface area (Å²) in [5.74, 6) is -0.379. The number of nitrogens with one attached hydrogen (secondary N) is 3. The number of nitrogens with zero attached hydrogens (tertiary/aromatic N) is 1. The van der Waals surface area contributed by atoms with Crippen LogP contribution in [0.25, 0.3) is 0 Å². The lowest BCUT2D eigenvalue weighted by Gasteiger charge is -2.23. The lowest BCUT2D eigenvalue weighted by molar-refractivity contribution is -0.130. The van der Waals surface area contributed by atoms with Crippen LogP contribution in [0.4, 0.5) is 4.39 Å². The van der Waals surface area contributed by atoms with Crippen molar-refractivity contribution in [1.82, 2.24) is 21.1 Å². The van der Waals surface area contributed by atoms with E-state index in [0.717, 1.165) is 30.4 Å². The largest absolute Gasteiger partial charge is 0.349 e. The second-order valence-corrected chi connectivity index (χ2v) is 8.15. The molecule has 2 amide bonds. The normalized spacial score (nSPS) is 19.1. The van der Waals surface area contributed by atoms with Crippen LogP contribution in [-0.2, 0) is 9.59 Å². The van der Waals surface area contributed by atoms with E-state index in [4.69, 9.17) is 0 Å². The van der Waals surface area contributed by atoms with Gasteiger partial charge in [-0.2, -0.15) is 0 Å². The minimum Gasteiger partial charge on any atom is -0.349 e. The van der Waals surface area contributed by atoms with E-state index >= 15 is 0 Å². The molecular formula is C24H31FN4O2. The summed E-state index contributed by atoms with van der Waals surface area (Å²) >= 11 is 0. The van der Waals surface area contributed by atoms with Gasteiger partial charge in [-0.1, -0.05) is 42.5 Å². The molecule has 1 saturated heterocycles. The van der Waals surface area contributed by atoms with Crippen LogP contribution in [-0.4, -0.2) is 36.3 Å². The fourth-order valence-corrected chi connectivity index (χ4v) is 3.94. The average molecular weight is 427 g/mol. The molecule has 3 atom stereocenters. The van der Waals surface area contributed by atoms with Crippen LogP contribution in [0.15, 0.2) is 54.6 Å². The van der Waals surface area contributed by atoms with Crippen LogP contribution in [0.5, 0.6) is 0 Å². The second kappa shape index (κ2) is 11.0. The highest BCUT2D eigenvalue weighted by molar-refractivity contribution is 5.79.